The van der Waals surface area contributed by atoms with Crippen molar-refractivity contribution in [2.24, 2.45) is 0 Å². The lowest BCUT2D eigenvalue weighted by Gasteiger charge is -2.38. The summed E-state index contributed by atoms with van der Waals surface area (Å²) in [6, 6.07) is 2.26. The van der Waals surface area contributed by atoms with Crippen LogP contribution in [0, 0.1) is 13.8 Å². The third kappa shape index (κ3) is 2.97. The van der Waals surface area contributed by atoms with Gasteiger partial charge in [-0.3, -0.25) is 5.32 Å². The minimum atomic E-state index is -5.77. The summed E-state index contributed by atoms with van der Waals surface area (Å²) in [5.41, 5.74) is -5.80. The van der Waals surface area contributed by atoms with Crippen LogP contribution in [0.4, 0.5) is 36.8 Å². The maximum Gasteiger partial charge on any atom is 0.426 e. The van der Waals surface area contributed by atoms with Gasteiger partial charge >= 0.3 is 18.4 Å². The van der Waals surface area contributed by atoms with E-state index in [4.69, 9.17) is 5.11 Å². The number of halogens is 6. The number of carboxylic acid groups (broad SMARTS) is 1. The van der Waals surface area contributed by atoms with Gasteiger partial charge in [0.05, 0.1) is 0 Å². The molecule has 142 valence electrons. The molecule has 11 heteroatoms. The molecule has 0 aliphatic carbocycles. The number of rotatable bonds is 3. The van der Waals surface area contributed by atoms with Crippen molar-refractivity contribution in [2.45, 2.75) is 31.7 Å². The number of benzene rings is 1. The van der Waals surface area contributed by atoms with Crippen molar-refractivity contribution in [2.75, 3.05) is 5.32 Å². The molecule has 1 aromatic heterocycles. The standard InChI is InChI=1S/C15H13F6N3O2/c1-8-6-10(7-9(2)11(8)23-12(25)26)13(14(16,17)18,15(19,20)21)24-5-3-4-22-24/h3-7,23H,1-2H3,(H,25,26). The van der Waals surface area contributed by atoms with Crippen LogP contribution in [0.3, 0.4) is 0 Å². The predicted molar refractivity (Wildman–Crippen MR) is 79.0 cm³/mol. The van der Waals surface area contributed by atoms with Crippen molar-refractivity contribution in [3.05, 3.63) is 47.3 Å². The number of amides is 1. The zero-order valence-corrected chi connectivity index (χ0v) is 13.4. The molecule has 1 amide bonds. The zero-order valence-electron chi connectivity index (χ0n) is 13.4. The van der Waals surface area contributed by atoms with Crippen LogP contribution in [-0.4, -0.2) is 33.3 Å². The molecule has 0 saturated heterocycles. The van der Waals surface area contributed by atoms with E-state index < -0.39 is 29.5 Å². The maximum atomic E-state index is 13.8. The fourth-order valence-electron chi connectivity index (χ4n) is 2.82. The number of alkyl halides is 6. The third-order valence-electron chi connectivity index (χ3n) is 3.85. The Morgan fingerprint density at radius 1 is 1.08 bits per heavy atom. The number of aromatic nitrogens is 2. The molecular weight excluding hydrogens is 368 g/mol. The van der Waals surface area contributed by atoms with Gasteiger partial charge in [-0.1, -0.05) is 12.1 Å². The van der Waals surface area contributed by atoms with Crippen LogP contribution >= 0.6 is 0 Å². The lowest BCUT2D eigenvalue weighted by Crippen LogP contribution is -2.59. The van der Waals surface area contributed by atoms with Crippen molar-refractivity contribution >= 4 is 11.8 Å². The molecule has 1 aromatic carbocycles. The van der Waals surface area contributed by atoms with E-state index in [1.807, 2.05) is 5.32 Å². The summed E-state index contributed by atoms with van der Waals surface area (Å²) in [7, 11) is 0. The smallest absolute Gasteiger partial charge is 0.426 e. The number of hydrogen-bond acceptors (Lipinski definition) is 2. The van der Waals surface area contributed by atoms with Crippen LogP contribution in [0.2, 0.25) is 0 Å². The highest BCUT2D eigenvalue weighted by molar-refractivity contribution is 5.85. The molecule has 0 fully saturated rings. The van der Waals surface area contributed by atoms with Gasteiger partial charge in [-0.15, -0.1) is 0 Å². The average Bonchev–Trinajstić information content (AvgIpc) is 2.94. The van der Waals surface area contributed by atoms with Crippen LogP contribution in [0.1, 0.15) is 16.7 Å². The van der Waals surface area contributed by atoms with Crippen LogP contribution in [0.15, 0.2) is 30.6 Å². The van der Waals surface area contributed by atoms with Crippen molar-refractivity contribution in [1.29, 1.82) is 0 Å². The van der Waals surface area contributed by atoms with Gasteiger partial charge in [-0.2, -0.15) is 31.4 Å². The van der Waals surface area contributed by atoms with E-state index in [1.165, 1.54) is 13.8 Å². The SMILES string of the molecule is Cc1cc(C(n2cccn2)(C(F)(F)F)C(F)(F)F)cc(C)c1NC(=O)O. The van der Waals surface area contributed by atoms with Gasteiger partial charge in [0, 0.05) is 18.1 Å². The monoisotopic (exact) mass is 381 g/mol. The second-order valence-corrected chi connectivity index (χ2v) is 5.57. The number of nitrogens with one attached hydrogen (secondary N) is 1. The first-order valence-electron chi connectivity index (χ1n) is 7.07. The van der Waals surface area contributed by atoms with E-state index in [9.17, 15) is 31.1 Å². The van der Waals surface area contributed by atoms with E-state index in [2.05, 4.69) is 5.10 Å². The molecule has 2 rings (SSSR count). The number of carbonyl (C=O) groups is 1. The highest BCUT2D eigenvalue weighted by atomic mass is 19.4. The highest BCUT2D eigenvalue weighted by Gasteiger charge is 2.74. The second-order valence-electron chi connectivity index (χ2n) is 5.57. The van der Waals surface area contributed by atoms with Gasteiger partial charge < -0.3 is 5.11 Å². The van der Waals surface area contributed by atoms with Crippen molar-refractivity contribution < 1.29 is 36.2 Å². The van der Waals surface area contributed by atoms with Crippen molar-refractivity contribution in [1.82, 2.24) is 9.78 Å². The quantitative estimate of drug-likeness (QED) is 0.772. The van der Waals surface area contributed by atoms with Gasteiger partial charge in [0.25, 0.3) is 5.54 Å². The predicted octanol–water partition coefficient (Wildman–Crippen LogP) is 4.46. The molecule has 1 heterocycles. The molecule has 5 nitrogen and oxygen atoms in total. The number of nitrogens with zero attached hydrogens (tertiary/aromatic N) is 2. The molecule has 0 radical (unpaired) electrons. The first-order valence-corrected chi connectivity index (χ1v) is 7.07. The minimum absolute atomic E-state index is 0.0834. The molecule has 2 N–H and O–H groups in total. The molecular formula is C15H13F6N3O2. The van der Waals surface area contributed by atoms with Gasteiger partial charge in [-0.25, -0.2) is 9.48 Å². The minimum Gasteiger partial charge on any atom is -0.465 e. The molecule has 0 spiro atoms. The third-order valence-corrected chi connectivity index (χ3v) is 3.85. The lowest BCUT2D eigenvalue weighted by molar-refractivity contribution is -0.316. The summed E-state index contributed by atoms with van der Waals surface area (Å²) in [4.78, 5) is 10.8. The average molecular weight is 381 g/mol. The molecule has 26 heavy (non-hydrogen) atoms. The Bertz CT molecular complexity index is 775. The Kier molecular flexibility index (Phi) is 4.69. The van der Waals surface area contributed by atoms with Gasteiger partial charge in [0.2, 0.25) is 0 Å². The number of aryl methyl sites for hydroxylation is 2. The molecule has 0 aliphatic rings. The molecule has 0 atom stereocenters. The van der Waals surface area contributed by atoms with E-state index >= 15 is 0 Å². The second kappa shape index (κ2) is 6.22. The van der Waals surface area contributed by atoms with Crippen molar-refractivity contribution in [3.63, 3.8) is 0 Å². The first kappa shape index (κ1) is 19.6. The zero-order chi connectivity index (χ0) is 19.9. The van der Waals surface area contributed by atoms with Crippen LogP contribution in [-0.2, 0) is 5.54 Å². The normalized spacial score (nSPS) is 12.9. The van der Waals surface area contributed by atoms with Crippen LogP contribution < -0.4 is 5.32 Å². The van der Waals surface area contributed by atoms with Gasteiger partial charge in [0.1, 0.15) is 0 Å². The summed E-state index contributed by atoms with van der Waals surface area (Å²) in [5.74, 6) is 0. The fraction of sp³-hybridized carbons (Fsp3) is 0.333. The van der Waals surface area contributed by atoms with E-state index in [0.717, 1.165) is 12.3 Å². The van der Waals surface area contributed by atoms with Gasteiger partial charge in [0.15, 0.2) is 0 Å². The fourth-order valence-corrected chi connectivity index (χ4v) is 2.82. The first-order chi connectivity index (χ1) is 11.8. The molecule has 2 aromatic rings. The van der Waals surface area contributed by atoms with E-state index in [0.29, 0.717) is 18.3 Å². The Hall–Kier alpha value is -2.72. The Balaban J connectivity index is 2.86. The van der Waals surface area contributed by atoms with Crippen molar-refractivity contribution in [3.8, 4) is 0 Å². The Morgan fingerprint density at radius 3 is 1.92 bits per heavy atom. The summed E-state index contributed by atoms with van der Waals surface area (Å²) < 4.78 is 82.6. The topological polar surface area (TPSA) is 67.2 Å². The maximum absolute atomic E-state index is 13.8. The van der Waals surface area contributed by atoms with Gasteiger partial charge in [-0.05, 0) is 36.6 Å². The molecule has 0 saturated carbocycles. The summed E-state index contributed by atoms with van der Waals surface area (Å²) in [5, 5.41) is 13.9. The summed E-state index contributed by atoms with van der Waals surface area (Å²) >= 11 is 0. The molecule has 0 bridgehead atoms. The Labute approximate surface area is 143 Å². The molecule has 0 aliphatic heterocycles. The number of anilines is 1. The Morgan fingerprint density at radius 2 is 1.58 bits per heavy atom. The number of hydrogen-bond donors (Lipinski definition) is 2. The largest absolute Gasteiger partial charge is 0.465 e. The van der Waals surface area contributed by atoms with E-state index in [-0.39, 0.29) is 21.5 Å². The lowest BCUT2D eigenvalue weighted by atomic mass is 9.85. The summed E-state index contributed by atoms with van der Waals surface area (Å²) in [6.07, 6.45) is -11.6. The summed E-state index contributed by atoms with van der Waals surface area (Å²) in [6.45, 7) is 2.42. The van der Waals surface area contributed by atoms with Crippen LogP contribution in [0.5, 0.6) is 0 Å². The van der Waals surface area contributed by atoms with Crippen LogP contribution in [0.25, 0.3) is 0 Å². The molecule has 0 unspecified atom stereocenters. The van der Waals surface area contributed by atoms with E-state index in [1.54, 1.807) is 0 Å². The highest BCUT2D eigenvalue weighted by Crippen LogP contribution is 2.53.